The van der Waals surface area contributed by atoms with Crippen molar-refractivity contribution in [3.8, 4) is 5.69 Å². The van der Waals surface area contributed by atoms with Crippen LogP contribution in [0.5, 0.6) is 0 Å². The maximum atomic E-state index is 10.8. The Kier molecular flexibility index (Phi) is 2.07. The molecule has 0 aliphatic carbocycles. The molecular weight excluding hydrogens is 224 g/mol. The monoisotopic (exact) mass is 232 g/mol. The number of hydrogen-bond donors (Lipinski definition) is 0. The Morgan fingerprint density at radius 3 is 3.06 bits per heavy atom. The molecule has 0 N–H and O–H groups in total. The molecule has 3 nitrogen and oxygen atoms in total. The van der Waals surface area contributed by atoms with Gasteiger partial charge in [0.05, 0.1) is 11.4 Å². The number of nitrogens with zero attached hydrogens (tertiary/aromatic N) is 2. The molecule has 1 aliphatic heterocycles. The van der Waals surface area contributed by atoms with Gasteiger partial charge in [0.15, 0.2) is 6.29 Å². The number of rotatable bonds is 1. The maximum Gasteiger partial charge on any atom is 0.170 e. The van der Waals surface area contributed by atoms with Gasteiger partial charge in [-0.05, 0) is 30.5 Å². The Hall–Kier alpha value is -1.61. The Bertz CT molecular complexity index is 574. The molecule has 0 radical (unpaired) electrons. The number of carbonyl (C=O) groups excluding carboxylic acids is 1. The van der Waals surface area contributed by atoms with Gasteiger partial charge in [0.2, 0.25) is 0 Å². The number of halogens is 1. The zero-order valence-electron chi connectivity index (χ0n) is 8.48. The van der Waals surface area contributed by atoms with Gasteiger partial charge in [-0.25, -0.2) is 4.98 Å². The molecular formula is C12H9ClN2O. The summed E-state index contributed by atoms with van der Waals surface area (Å²) in [5.41, 5.74) is 3.68. The van der Waals surface area contributed by atoms with Crippen LogP contribution < -0.4 is 0 Å². The second kappa shape index (κ2) is 3.46. The Balaban J connectivity index is 2.28. The summed E-state index contributed by atoms with van der Waals surface area (Å²) in [5.74, 6) is 0. The van der Waals surface area contributed by atoms with Gasteiger partial charge in [0.25, 0.3) is 0 Å². The number of aldehydes is 1. The lowest BCUT2D eigenvalue weighted by Crippen LogP contribution is -2.12. The minimum atomic E-state index is 0.533. The normalized spacial score (nSPS) is 13.1. The van der Waals surface area contributed by atoms with Crippen molar-refractivity contribution in [2.75, 3.05) is 0 Å². The Labute approximate surface area is 97.7 Å². The Morgan fingerprint density at radius 2 is 2.25 bits per heavy atom. The predicted octanol–water partition coefficient (Wildman–Crippen LogP) is 2.44. The topological polar surface area (TPSA) is 34.9 Å². The van der Waals surface area contributed by atoms with Crippen molar-refractivity contribution in [2.24, 2.45) is 0 Å². The summed E-state index contributed by atoms with van der Waals surface area (Å²) in [5, 5.41) is 0.782. The van der Waals surface area contributed by atoms with Crippen molar-refractivity contribution < 1.29 is 4.79 Å². The van der Waals surface area contributed by atoms with Crippen molar-refractivity contribution >= 4 is 17.9 Å². The van der Waals surface area contributed by atoms with Gasteiger partial charge in [0, 0.05) is 5.02 Å². The van der Waals surface area contributed by atoms with E-state index in [-0.39, 0.29) is 0 Å². The van der Waals surface area contributed by atoms with E-state index in [9.17, 15) is 4.79 Å². The molecule has 1 aromatic heterocycles. The van der Waals surface area contributed by atoms with Crippen molar-refractivity contribution in [1.29, 1.82) is 0 Å². The van der Waals surface area contributed by atoms with Crippen LogP contribution in [0.25, 0.3) is 5.69 Å². The van der Waals surface area contributed by atoms with Gasteiger partial charge in [0.1, 0.15) is 12.0 Å². The van der Waals surface area contributed by atoms with Crippen LogP contribution >= 0.6 is 11.6 Å². The molecule has 16 heavy (non-hydrogen) atoms. The summed E-state index contributed by atoms with van der Waals surface area (Å²) < 4.78 is 1.95. The summed E-state index contributed by atoms with van der Waals surface area (Å²) in [6.45, 7) is 0. The molecule has 2 heterocycles. The second-order valence-electron chi connectivity index (χ2n) is 3.80. The second-order valence-corrected chi connectivity index (χ2v) is 4.21. The van der Waals surface area contributed by atoms with Gasteiger partial charge in [-0.3, -0.25) is 4.79 Å². The molecule has 80 valence electrons. The maximum absolute atomic E-state index is 10.8. The summed E-state index contributed by atoms with van der Waals surface area (Å²) in [6.07, 6.45) is 4.17. The van der Waals surface area contributed by atoms with E-state index in [1.54, 1.807) is 6.33 Å². The molecule has 0 bridgehead atoms. The van der Waals surface area contributed by atoms with Crippen LogP contribution in [0.1, 0.15) is 21.7 Å². The highest BCUT2D eigenvalue weighted by molar-refractivity contribution is 6.31. The minimum Gasteiger partial charge on any atom is -0.302 e. The average molecular weight is 233 g/mol. The smallest absolute Gasteiger partial charge is 0.170 e. The quantitative estimate of drug-likeness (QED) is 0.708. The first-order valence-corrected chi connectivity index (χ1v) is 5.48. The van der Waals surface area contributed by atoms with Crippen molar-refractivity contribution in [1.82, 2.24) is 9.55 Å². The zero-order chi connectivity index (χ0) is 11.1. The number of aromatic nitrogens is 2. The fraction of sp³-hybridized carbons (Fsp3) is 0.167. The van der Waals surface area contributed by atoms with Crippen molar-refractivity contribution in [2.45, 2.75) is 12.8 Å². The third-order valence-electron chi connectivity index (χ3n) is 2.98. The van der Waals surface area contributed by atoms with Gasteiger partial charge in [-0.15, -0.1) is 0 Å². The molecule has 0 amide bonds. The molecule has 1 aromatic carbocycles. The SMILES string of the molecule is O=Cc1ncn2c1CCc1c(Cl)cccc1-2. The van der Waals surface area contributed by atoms with Gasteiger partial charge in [-0.2, -0.15) is 0 Å². The first-order chi connectivity index (χ1) is 7.81. The third-order valence-corrected chi connectivity index (χ3v) is 3.33. The number of benzene rings is 1. The van der Waals surface area contributed by atoms with Crippen LogP contribution in [0.3, 0.4) is 0 Å². The number of imidazole rings is 1. The van der Waals surface area contributed by atoms with Crippen LogP contribution in [0.2, 0.25) is 5.02 Å². The molecule has 1 aliphatic rings. The van der Waals surface area contributed by atoms with E-state index in [1.807, 2.05) is 22.8 Å². The van der Waals surface area contributed by atoms with E-state index in [0.29, 0.717) is 5.69 Å². The predicted molar refractivity (Wildman–Crippen MR) is 61.4 cm³/mol. The first kappa shape index (κ1) is 9.60. The Morgan fingerprint density at radius 1 is 1.38 bits per heavy atom. The number of carbonyl (C=O) groups is 1. The van der Waals surface area contributed by atoms with Crippen LogP contribution in [0, 0.1) is 0 Å². The summed E-state index contributed by atoms with van der Waals surface area (Å²) in [4.78, 5) is 14.9. The summed E-state index contributed by atoms with van der Waals surface area (Å²) in [6, 6.07) is 5.81. The van der Waals surface area contributed by atoms with Crippen LogP contribution in [-0.2, 0) is 12.8 Å². The molecule has 0 unspecified atom stereocenters. The molecule has 4 heteroatoms. The standard InChI is InChI=1S/C12H9ClN2O/c13-9-2-1-3-11-8(9)4-5-12-10(6-16)14-7-15(11)12/h1-3,6-7H,4-5H2. The van der Waals surface area contributed by atoms with Crippen LogP contribution in [-0.4, -0.2) is 15.8 Å². The van der Waals surface area contributed by atoms with Gasteiger partial charge >= 0.3 is 0 Å². The number of fused-ring (bicyclic) bond motifs is 3. The van der Waals surface area contributed by atoms with Gasteiger partial charge in [-0.1, -0.05) is 17.7 Å². The number of hydrogen-bond acceptors (Lipinski definition) is 2. The van der Waals surface area contributed by atoms with Crippen LogP contribution in [0.15, 0.2) is 24.5 Å². The van der Waals surface area contributed by atoms with Gasteiger partial charge < -0.3 is 4.57 Å². The fourth-order valence-corrected chi connectivity index (χ4v) is 2.47. The first-order valence-electron chi connectivity index (χ1n) is 5.10. The van der Waals surface area contributed by atoms with Crippen LogP contribution in [0.4, 0.5) is 0 Å². The summed E-state index contributed by atoms with van der Waals surface area (Å²) >= 11 is 6.15. The lowest BCUT2D eigenvalue weighted by molar-refractivity contribution is 0.111. The highest BCUT2D eigenvalue weighted by atomic mass is 35.5. The fourth-order valence-electron chi connectivity index (χ4n) is 2.21. The molecule has 2 aromatic rings. The zero-order valence-corrected chi connectivity index (χ0v) is 9.24. The highest BCUT2D eigenvalue weighted by Gasteiger charge is 2.20. The van der Waals surface area contributed by atoms with E-state index in [1.165, 1.54) is 0 Å². The van der Waals surface area contributed by atoms with E-state index in [4.69, 9.17) is 11.6 Å². The molecule has 3 rings (SSSR count). The third kappa shape index (κ3) is 1.21. The molecule has 0 atom stereocenters. The molecule has 0 saturated heterocycles. The highest BCUT2D eigenvalue weighted by Crippen LogP contribution is 2.30. The van der Waals surface area contributed by atoms with E-state index < -0.39 is 0 Å². The van der Waals surface area contributed by atoms with E-state index in [0.717, 1.165) is 41.1 Å². The minimum absolute atomic E-state index is 0.533. The average Bonchev–Trinajstić information content (AvgIpc) is 2.72. The molecule has 0 saturated carbocycles. The lowest BCUT2D eigenvalue weighted by atomic mass is 10.0. The van der Waals surface area contributed by atoms with E-state index >= 15 is 0 Å². The van der Waals surface area contributed by atoms with Crippen molar-refractivity contribution in [3.63, 3.8) is 0 Å². The lowest BCUT2D eigenvalue weighted by Gasteiger charge is -2.19. The van der Waals surface area contributed by atoms with Crippen molar-refractivity contribution in [3.05, 3.63) is 46.5 Å². The molecule has 0 fully saturated rings. The van der Waals surface area contributed by atoms with E-state index in [2.05, 4.69) is 4.98 Å². The largest absolute Gasteiger partial charge is 0.302 e. The molecule has 0 spiro atoms. The summed E-state index contributed by atoms with van der Waals surface area (Å²) in [7, 11) is 0.